The smallest absolute Gasteiger partial charge is 0.412 e. The van der Waals surface area contributed by atoms with Gasteiger partial charge in [0.05, 0.1) is 18.8 Å². The number of nitrogens with zero attached hydrogens (tertiary/aromatic N) is 1. The van der Waals surface area contributed by atoms with Crippen molar-refractivity contribution in [1.82, 2.24) is 4.90 Å². The van der Waals surface area contributed by atoms with E-state index in [1.807, 2.05) is 0 Å². The number of carbonyl (C=O) groups is 3. The van der Waals surface area contributed by atoms with E-state index in [4.69, 9.17) is 14.2 Å². The maximum Gasteiger partial charge on any atom is 0.412 e. The number of benzene rings is 1. The molecule has 8 nitrogen and oxygen atoms in total. The van der Waals surface area contributed by atoms with Gasteiger partial charge in [-0.25, -0.2) is 9.59 Å². The van der Waals surface area contributed by atoms with Crippen LogP contribution in [0.3, 0.4) is 0 Å². The quantitative estimate of drug-likeness (QED) is 0.822. The van der Waals surface area contributed by atoms with Crippen molar-refractivity contribution in [2.75, 3.05) is 38.2 Å². The van der Waals surface area contributed by atoms with Crippen molar-refractivity contribution in [3.05, 3.63) is 29.8 Å². The maximum atomic E-state index is 12.1. The molecule has 0 saturated carbocycles. The summed E-state index contributed by atoms with van der Waals surface area (Å²) in [5.74, 6) is -0.899. The summed E-state index contributed by atoms with van der Waals surface area (Å²) in [5.41, 5.74) is 0.00190. The van der Waals surface area contributed by atoms with Gasteiger partial charge in [-0.05, 0) is 39.0 Å². The molecule has 0 unspecified atom stereocenters. The van der Waals surface area contributed by atoms with Crippen LogP contribution in [0.2, 0.25) is 0 Å². The summed E-state index contributed by atoms with van der Waals surface area (Å²) in [6.45, 7) is 6.89. The average molecular weight is 364 g/mol. The molecule has 1 saturated heterocycles. The molecule has 1 N–H and O–H groups in total. The highest BCUT2D eigenvalue weighted by atomic mass is 16.6. The van der Waals surface area contributed by atoms with Crippen molar-refractivity contribution in [3.63, 3.8) is 0 Å². The van der Waals surface area contributed by atoms with Crippen LogP contribution < -0.4 is 5.32 Å². The summed E-state index contributed by atoms with van der Waals surface area (Å²) in [7, 11) is 0. The van der Waals surface area contributed by atoms with Gasteiger partial charge in [-0.1, -0.05) is 6.07 Å². The first kappa shape index (κ1) is 19.7. The SMILES string of the molecule is CC(C)(C)OC(=O)Nc1cccc(C(=O)OCC(=O)N2CCOCC2)c1. The fourth-order valence-electron chi connectivity index (χ4n) is 2.26. The number of hydrogen-bond acceptors (Lipinski definition) is 6. The van der Waals surface area contributed by atoms with E-state index in [0.717, 1.165) is 0 Å². The lowest BCUT2D eigenvalue weighted by molar-refractivity contribution is -0.138. The molecule has 0 radical (unpaired) electrons. The minimum atomic E-state index is -0.639. The Labute approximate surface area is 152 Å². The van der Waals surface area contributed by atoms with Crippen molar-refractivity contribution < 1.29 is 28.6 Å². The molecule has 0 bridgehead atoms. The lowest BCUT2D eigenvalue weighted by Gasteiger charge is -2.26. The standard InChI is InChI=1S/C18H24N2O6/c1-18(2,3)26-17(23)19-14-6-4-5-13(11-14)16(22)25-12-15(21)20-7-9-24-10-8-20/h4-6,11H,7-10,12H2,1-3H3,(H,19,23). The lowest BCUT2D eigenvalue weighted by atomic mass is 10.2. The van der Waals surface area contributed by atoms with Gasteiger partial charge < -0.3 is 19.1 Å². The van der Waals surface area contributed by atoms with Gasteiger partial charge in [0.25, 0.3) is 5.91 Å². The zero-order valence-electron chi connectivity index (χ0n) is 15.2. The highest BCUT2D eigenvalue weighted by Gasteiger charge is 2.19. The molecule has 0 aliphatic carbocycles. The van der Waals surface area contributed by atoms with E-state index >= 15 is 0 Å². The summed E-state index contributed by atoms with van der Waals surface area (Å²) in [4.78, 5) is 37.5. The molecule has 0 aromatic heterocycles. The third-order valence-electron chi connectivity index (χ3n) is 3.43. The lowest BCUT2D eigenvalue weighted by Crippen LogP contribution is -2.42. The monoisotopic (exact) mass is 364 g/mol. The predicted octanol–water partition coefficient (Wildman–Crippen LogP) is 2.05. The Morgan fingerprint density at radius 1 is 1.19 bits per heavy atom. The van der Waals surface area contributed by atoms with Gasteiger partial charge in [0.1, 0.15) is 5.60 Å². The second-order valence-electron chi connectivity index (χ2n) is 6.78. The van der Waals surface area contributed by atoms with Gasteiger partial charge in [-0.15, -0.1) is 0 Å². The van der Waals surface area contributed by atoms with Crippen molar-refractivity contribution in [2.45, 2.75) is 26.4 Å². The van der Waals surface area contributed by atoms with Crippen LogP contribution in [-0.4, -0.2) is 61.4 Å². The number of hydrogen-bond donors (Lipinski definition) is 1. The van der Waals surface area contributed by atoms with Crippen LogP contribution in [0.25, 0.3) is 0 Å². The van der Waals surface area contributed by atoms with Crippen LogP contribution in [0.15, 0.2) is 24.3 Å². The van der Waals surface area contributed by atoms with Crippen LogP contribution in [-0.2, 0) is 19.0 Å². The molecule has 2 amide bonds. The maximum absolute atomic E-state index is 12.1. The van der Waals surface area contributed by atoms with Gasteiger partial charge in [0.2, 0.25) is 0 Å². The summed E-state index contributed by atoms with van der Waals surface area (Å²) >= 11 is 0. The molecule has 1 heterocycles. The number of anilines is 1. The molecule has 1 aliphatic rings. The van der Waals surface area contributed by atoms with Crippen LogP contribution in [0.5, 0.6) is 0 Å². The molecular formula is C18H24N2O6. The Kier molecular flexibility index (Phi) is 6.57. The van der Waals surface area contributed by atoms with E-state index in [9.17, 15) is 14.4 Å². The fraction of sp³-hybridized carbons (Fsp3) is 0.500. The molecule has 142 valence electrons. The number of amides is 2. The number of morpholine rings is 1. The topological polar surface area (TPSA) is 94.2 Å². The molecule has 1 aromatic rings. The van der Waals surface area contributed by atoms with Crippen molar-refractivity contribution >= 4 is 23.7 Å². The summed E-state index contributed by atoms with van der Waals surface area (Å²) in [5, 5.41) is 2.55. The van der Waals surface area contributed by atoms with E-state index in [1.165, 1.54) is 6.07 Å². The first-order valence-corrected chi connectivity index (χ1v) is 8.37. The van der Waals surface area contributed by atoms with Crippen molar-refractivity contribution in [3.8, 4) is 0 Å². The molecule has 8 heteroatoms. The minimum absolute atomic E-state index is 0.230. The van der Waals surface area contributed by atoms with Gasteiger partial charge in [0.15, 0.2) is 6.61 Å². The minimum Gasteiger partial charge on any atom is -0.452 e. The van der Waals surface area contributed by atoms with Gasteiger partial charge in [-0.3, -0.25) is 10.1 Å². The molecule has 1 aromatic carbocycles. The first-order chi connectivity index (χ1) is 12.2. The largest absolute Gasteiger partial charge is 0.452 e. The Hall–Kier alpha value is -2.61. The molecule has 0 spiro atoms. The van der Waals surface area contributed by atoms with Crippen molar-refractivity contribution in [2.24, 2.45) is 0 Å². The number of rotatable bonds is 4. The Morgan fingerprint density at radius 3 is 2.54 bits per heavy atom. The molecule has 2 rings (SSSR count). The van der Waals surface area contributed by atoms with Crippen LogP contribution in [0, 0.1) is 0 Å². The van der Waals surface area contributed by atoms with Gasteiger partial charge >= 0.3 is 12.1 Å². The molecule has 1 fully saturated rings. The molecule has 1 aliphatic heterocycles. The van der Waals surface area contributed by atoms with Crippen molar-refractivity contribution in [1.29, 1.82) is 0 Å². The van der Waals surface area contributed by atoms with E-state index in [1.54, 1.807) is 43.9 Å². The fourth-order valence-corrected chi connectivity index (χ4v) is 2.26. The highest BCUT2D eigenvalue weighted by molar-refractivity contribution is 5.93. The second kappa shape index (κ2) is 8.66. The number of nitrogens with one attached hydrogen (secondary N) is 1. The zero-order chi connectivity index (χ0) is 19.2. The second-order valence-corrected chi connectivity index (χ2v) is 6.78. The van der Waals surface area contributed by atoms with Crippen LogP contribution >= 0.6 is 0 Å². The van der Waals surface area contributed by atoms with Gasteiger partial charge in [-0.2, -0.15) is 0 Å². The van der Waals surface area contributed by atoms with E-state index in [2.05, 4.69) is 5.32 Å². The molecule has 26 heavy (non-hydrogen) atoms. The Bertz CT molecular complexity index is 662. The van der Waals surface area contributed by atoms with Crippen LogP contribution in [0.4, 0.5) is 10.5 Å². The molecule has 0 atom stereocenters. The third kappa shape index (κ3) is 6.36. The highest BCUT2D eigenvalue weighted by Crippen LogP contribution is 2.14. The Morgan fingerprint density at radius 2 is 1.88 bits per heavy atom. The normalized spacial score (nSPS) is 14.5. The number of carbonyl (C=O) groups excluding carboxylic acids is 3. The van der Waals surface area contributed by atoms with Crippen LogP contribution in [0.1, 0.15) is 31.1 Å². The summed E-state index contributed by atoms with van der Waals surface area (Å²) in [6, 6.07) is 6.24. The third-order valence-corrected chi connectivity index (χ3v) is 3.43. The van der Waals surface area contributed by atoms with E-state index < -0.39 is 17.7 Å². The summed E-state index contributed by atoms with van der Waals surface area (Å²) < 4.78 is 15.4. The molecular weight excluding hydrogens is 340 g/mol. The van der Waals surface area contributed by atoms with E-state index in [-0.39, 0.29) is 18.1 Å². The average Bonchev–Trinajstić information content (AvgIpc) is 2.58. The summed E-state index contributed by atoms with van der Waals surface area (Å²) in [6.07, 6.45) is -0.620. The van der Waals surface area contributed by atoms with E-state index in [0.29, 0.717) is 32.0 Å². The number of esters is 1. The first-order valence-electron chi connectivity index (χ1n) is 8.37. The number of ether oxygens (including phenoxy) is 3. The Balaban J connectivity index is 1.88. The zero-order valence-corrected chi connectivity index (χ0v) is 15.2. The van der Waals surface area contributed by atoms with Gasteiger partial charge in [0, 0.05) is 18.8 Å². The predicted molar refractivity (Wildman–Crippen MR) is 94.0 cm³/mol.